The number of benzene rings is 2. The van der Waals surface area contributed by atoms with E-state index in [4.69, 9.17) is 27.1 Å². The average molecular weight is 483 g/mol. The molecular weight excluding hydrogens is 455 g/mol. The van der Waals surface area contributed by atoms with E-state index in [2.05, 4.69) is 11.8 Å². The highest BCUT2D eigenvalue weighted by Crippen LogP contribution is 2.38. The highest BCUT2D eigenvalue weighted by molar-refractivity contribution is 7.12. The van der Waals surface area contributed by atoms with Crippen LogP contribution < -0.4 is 10.5 Å². The van der Waals surface area contributed by atoms with Crippen LogP contribution >= 0.6 is 22.9 Å². The summed E-state index contributed by atoms with van der Waals surface area (Å²) in [5, 5.41) is 1.36. The minimum Gasteiger partial charge on any atom is -0.496 e. The molecule has 1 heterocycles. The van der Waals surface area contributed by atoms with Crippen LogP contribution in [-0.2, 0) is 0 Å². The first-order valence-corrected chi connectivity index (χ1v) is 12.4. The number of aryl methyl sites for hydroxylation is 2. The molecular formula is C27H28ClFN2OS. The second kappa shape index (κ2) is 10.3. The first-order chi connectivity index (χ1) is 15.9. The molecule has 2 aromatic carbocycles. The number of halogens is 2. The van der Waals surface area contributed by atoms with Gasteiger partial charge >= 0.3 is 0 Å². The van der Waals surface area contributed by atoms with Crippen LogP contribution in [0.5, 0.6) is 5.75 Å². The number of ether oxygens (including phenoxy) is 1. The van der Waals surface area contributed by atoms with Gasteiger partial charge in [-0.05, 0) is 61.6 Å². The number of rotatable bonds is 6. The van der Waals surface area contributed by atoms with Crippen molar-refractivity contribution in [3.05, 3.63) is 68.2 Å². The van der Waals surface area contributed by atoms with Gasteiger partial charge in [0, 0.05) is 16.4 Å². The molecule has 1 aliphatic carbocycles. The van der Waals surface area contributed by atoms with E-state index in [0.717, 1.165) is 44.4 Å². The molecule has 2 N–H and O–H groups in total. The zero-order valence-electron chi connectivity index (χ0n) is 19.1. The largest absolute Gasteiger partial charge is 0.496 e. The predicted molar refractivity (Wildman–Crippen MR) is 134 cm³/mol. The lowest BCUT2D eigenvalue weighted by molar-refractivity contribution is 0.289. The van der Waals surface area contributed by atoms with Crippen LogP contribution in [0.2, 0.25) is 5.02 Å². The number of methoxy groups -OCH3 is 1. The Morgan fingerprint density at radius 3 is 2.58 bits per heavy atom. The van der Waals surface area contributed by atoms with Gasteiger partial charge in [-0.1, -0.05) is 54.8 Å². The van der Waals surface area contributed by atoms with Crippen LogP contribution in [0.4, 0.5) is 4.39 Å². The standard InChI is InChI=1S/C27H28ClFN2OS/c1-16-13-22(23(28)15-25(16)32-3)26-17(2)33-27(31-26)24(30)12-9-20(14-18-5-4-6-18)19-7-10-21(29)11-8-19/h7-8,10-11,13,15,18,20,24H,4-6,14,30H2,1-3H3. The first-order valence-electron chi connectivity index (χ1n) is 11.2. The van der Waals surface area contributed by atoms with Gasteiger partial charge in [-0.25, -0.2) is 9.37 Å². The molecule has 0 saturated heterocycles. The molecule has 0 bridgehead atoms. The molecule has 2 atom stereocenters. The lowest BCUT2D eigenvalue weighted by atomic mass is 9.77. The molecule has 1 fully saturated rings. The Hall–Kier alpha value is -2.39. The van der Waals surface area contributed by atoms with Crippen molar-refractivity contribution < 1.29 is 9.13 Å². The molecule has 1 saturated carbocycles. The highest BCUT2D eigenvalue weighted by atomic mass is 35.5. The van der Waals surface area contributed by atoms with E-state index >= 15 is 0 Å². The van der Waals surface area contributed by atoms with Crippen molar-refractivity contribution in [3.8, 4) is 28.8 Å². The lowest BCUT2D eigenvalue weighted by Gasteiger charge is -2.28. The quantitative estimate of drug-likeness (QED) is 0.378. The van der Waals surface area contributed by atoms with E-state index in [9.17, 15) is 4.39 Å². The van der Waals surface area contributed by atoms with Gasteiger partial charge in [0.1, 0.15) is 22.6 Å². The number of thiazole rings is 1. The van der Waals surface area contributed by atoms with Gasteiger partial charge < -0.3 is 10.5 Å². The predicted octanol–water partition coefficient (Wildman–Crippen LogP) is 7.21. The molecule has 3 aromatic rings. The summed E-state index contributed by atoms with van der Waals surface area (Å²) in [6.45, 7) is 4.00. The molecule has 0 amide bonds. The molecule has 6 heteroatoms. The third-order valence-electron chi connectivity index (χ3n) is 6.30. The summed E-state index contributed by atoms with van der Waals surface area (Å²) in [5.41, 5.74) is 10.2. The van der Waals surface area contributed by atoms with E-state index in [1.807, 2.05) is 38.1 Å². The minimum absolute atomic E-state index is 0.0427. The van der Waals surface area contributed by atoms with E-state index in [1.54, 1.807) is 18.4 Å². The van der Waals surface area contributed by atoms with E-state index in [0.29, 0.717) is 10.9 Å². The van der Waals surface area contributed by atoms with Crippen molar-refractivity contribution in [2.24, 2.45) is 11.7 Å². The summed E-state index contributed by atoms with van der Waals surface area (Å²) in [6.07, 6.45) is 4.74. The van der Waals surface area contributed by atoms with Crippen molar-refractivity contribution in [3.63, 3.8) is 0 Å². The fourth-order valence-electron chi connectivity index (χ4n) is 4.15. The van der Waals surface area contributed by atoms with Crippen LogP contribution in [-0.4, -0.2) is 12.1 Å². The molecule has 3 nitrogen and oxygen atoms in total. The monoisotopic (exact) mass is 482 g/mol. The first kappa shape index (κ1) is 23.8. The number of nitrogens with zero attached hydrogens (tertiary/aromatic N) is 1. The van der Waals surface area contributed by atoms with Crippen molar-refractivity contribution in [2.45, 2.75) is 51.5 Å². The molecule has 33 heavy (non-hydrogen) atoms. The van der Waals surface area contributed by atoms with E-state index in [1.165, 1.54) is 31.4 Å². The Morgan fingerprint density at radius 1 is 1.21 bits per heavy atom. The lowest BCUT2D eigenvalue weighted by Crippen LogP contribution is -2.15. The minimum atomic E-state index is -0.495. The maximum atomic E-state index is 13.4. The zero-order chi connectivity index (χ0) is 23.5. The van der Waals surface area contributed by atoms with Crippen LogP contribution in [0.1, 0.15) is 58.7 Å². The molecule has 2 unspecified atom stereocenters. The van der Waals surface area contributed by atoms with Gasteiger partial charge in [0.15, 0.2) is 0 Å². The summed E-state index contributed by atoms with van der Waals surface area (Å²) in [6, 6.07) is 9.98. The SMILES string of the molecule is COc1cc(Cl)c(-c2nc(C(N)C#CC(CC3CCC3)c3ccc(F)cc3)sc2C)cc1C. The topological polar surface area (TPSA) is 48.1 Å². The van der Waals surface area contributed by atoms with Gasteiger partial charge in [0.25, 0.3) is 0 Å². The Kier molecular flexibility index (Phi) is 7.38. The van der Waals surface area contributed by atoms with Gasteiger partial charge in [-0.15, -0.1) is 11.3 Å². The number of hydrogen-bond donors (Lipinski definition) is 1. The molecule has 4 rings (SSSR count). The van der Waals surface area contributed by atoms with Gasteiger partial charge in [0.2, 0.25) is 0 Å². The molecule has 172 valence electrons. The number of hydrogen-bond acceptors (Lipinski definition) is 4. The van der Waals surface area contributed by atoms with Gasteiger partial charge in [-0.2, -0.15) is 0 Å². The maximum absolute atomic E-state index is 13.4. The Labute approximate surface area is 204 Å². The Balaban J connectivity index is 1.59. The summed E-state index contributed by atoms with van der Waals surface area (Å²) in [4.78, 5) is 5.84. The normalized spacial score (nSPS) is 15.3. The smallest absolute Gasteiger partial charge is 0.123 e. The van der Waals surface area contributed by atoms with Gasteiger partial charge in [0.05, 0.1) is 17.8 Å². The number of nitrogens with two attached hydrogens (primary N) is 1. The highest BCUT2D eigenvalue weighted by Gasteiger charge is 2.23. The maximum Gasteiger partial charge on any atom is 0.123 e. The summed E-state index contributed by atoms with van der Waals surface area (Å²) in [7, 11) is 1.63. The van der Waals surface area contributed by atoms with Crippen molar-refractivity contribution in [2.75, 3.05) is 7.11 Å². The fourth-order valence-corrected chi connectivity index (χ4v) is 5.28. The van der Waals surface area contributed by atoms with Crippen molar-refractivity contribution in [1.82, 2.24) is 4.98 Å². The third kappa shape index (κ3) is 5.41. The van der Waals surface area contributed by atoms with Crippen molar-refractivity contribution in [1.29, 1.82) is 0 Å². The summed E-state index contributed by atoms with van der Waals surface area (Å²) >= 11 is 8.07. The van der Waals surface area contributed by atoms with Crippen LogP contribution in [0, 0.1) is 37.4 Å². The molecule has 0 radical (unpaired) electrons. The van der Waals surface area contributed by atoms with E-state index < -0.39 is 6.04 Å². The van der Waals surface area contributed by atoms with Crippen LogP contribution in [0.25, 0.3) is 11.3 Å². The van der Waals surface area contributed by atoms with Crippen LogP contribution in [0.3, 0.4) is 0 Å². The van der Waals surface area contributed by atoms with Crippen molar-refractivity contribution >= 4 is 22.9 Å². The van der Waals surface area contributed by atoms with E-state index in [-0.39, 0.29) is 11.7 Å². The second-order valence-corrected chi connectivity index (χ2v) is 10.3. The molecule has 0 spiro atoms. The Morgan fingerprint density at radius 2 is 1.94 bits per heavy atom. The summed E-state index contributed by atoms with van der Waals surface area (Å²) < 4.78 is 18.8. The van der Waals surface area contributed by atoms with Crippen LogP contribution in [0.15, 0.2) is 36.4 Å². The molecule has 0 aliphatic heterocycles. The molecule has 1 aliphatic rings. The number of aromatic nitrogens is 1. The third-order valence-corrected chi connectivity index (χ3v) is 7.66. The summed E-state index contributed by atoms with van der Waals surface area (Å²) in [5.74, 6) is 7.85. The Bertz CT molecular complexity index is 1190. The average Bonchev–Trinajstić information content (AvgIpc) is 3.16. The zero-order valence-corrected chi connectivity index (χ0v) is 20.7. The second-order valence-electron chi connectivity index (χ2n) is 8.66. The fraction of sp³-hybridized carbons (Fsp3) is 0.370. The molecule has 1 aromatic heterocycles. The van der Waals surface area contributed by atoms with Gasteiger partial charge in [-0.3, -0.25) is 0 Å².